The van der Waals surface area contributed by atoms with Crippen LogP contribution in [0.5, 0.6) is 0 Å². The zero-order valence-corrected chi connectivity index (χ0v) is 44.3. The van der Waals surface area contributed by atoms with Gasteiger partial charge < -0.3 is 29.1 Å². The second kappa shape index (κ2) is 33.3. The number of benzene rings is 2. The minimum absolute atomic E-state index is 0.0257. The molecule has 0 fully saturated rings. The van der Waals surface area contributed by atoms with Crippen molar-refractivity contribution in [3.8, 4) is 5.69 Å². The molecule has 0 aliphatic heterocycles. The van der Waals surface area contributed by atoms with Gasteiger partial charge in [0.1, 0.15) is 26.0 Å². The Balaban J connectivity index is 0. The number of aliphatic carboxylic acids is 1. The van der Waals surface area contributed by atoms with E-state index in [1.807, 2.05) is 23.5 Å². The standard InChI is InChI=1S/C14H20ClNO2.C11H10Cl2F2N4O3S.C8H11Cl2NO.C3H8NO5P.C3H9S/c1-4-11-7-6-8-12(5-2)14(11)16(10-18-3)13(17)9-15;1-5-16-19(11(20)18(5)10(14)15)9-4-8(17-23(2,21)22)6(12)3-7(9)13;1-3-5-11(6-4-2)8(12)7(9)10;5-3(6)1-4-2-10(7,8)9;1-4(2)3/h6-8H,4-5,9-10H2,1-3H3;3-4,10,17H,1-2H3;3-4,7H,1-2,5-6H2;4H,1-2H2,(H,5,6)(H2,7,8,9);1-3H3/q;;;;+1/p-1. The Bertz CT molecular complexity index is 2250. The normalized spacial score (nSPS) is 11.6. The summed E-state index contributed by atoms with van der Waals surface area (Å²) in [5, 5.41) is 13.6. The second-order valence-electron chi connectivity index (χ2n) is 13.5. The molecule has 0 bridgehead atoms. The first-order valence-electron chi connectivity index (χ1n) is 19.1. The minimum atomic E-state index is -4.35. The zero-order valence-electron chi connectivity index (χ0n) is 38.0. The van der Waals surface area contributed by atoms with Crippen LogP contribution in [0.4, 0.5) is 20.2 Å². The Labute approximate surface area is 417 Å². The zero-order chi connectivity index (χ0) is 52.4. The molecule has 4 N–H and O–H groups in total. The van der Waals surface area contributed by atoms with E-state index in [0.29, 0.717) is 28.7 Å². The quantitative estimate of drug-likeness (QED) is 0.0352. The fourth-order valence-corrected chi connectivity index (χ4v) is 6.82. The highest BCUT2D eigenvalue weighted by Crippen LogP contribution is 2.32. The molecule has 3 aromatic rings. The number of halogens is 7. The summed E-state index contributed by atoms with van der Waals surface area (Å²) < 4.78 is 66.3. The lowest BCUT2D eigenvalue weighted by molar-refractivity contribution is -0.193. The molecule has 0 radical (unpaired) electrons. The van der Waals surface area contributed by atoms with Gasteiger partial charge in [0.15, 0.2) is 4.84 Å². The van der Waals surface area contributed by atoms with Crippen molar-refractivity contribution < 1.29 is 55.8 Å². The van der Waals surface area contributed by atoms with Crippen LogP contribution in [0.25, 0.3) is 5.69 Å². The van der Waals surface area contributed by atoms with E-state index in [4.69, 9.17) is 72.7 Å². The fraction of sp³-hybridized carbons (Fsp3) is 0.462. The third kappa shape index (κ3) is 26.3. The number of carboxylic acids is 1. The van der Waals surface area contributed by atoms with E-state index in [1.165, 1.54) is 17.9 Å². The number of nitrogens with zero attached hydrogens (tertiary/aromatic N) is 5. The maximum atomic E-state index is 12.8. The summed E-state index contributed by atoms with van der Waals surface area (Å²) in [6.45, 7) is 9.94. The van der Waals surface area contributed by atoms with Crippen LogP contribution in [0.15, 0.2) is 60.4 Å². The molecular formula is C39H57Cl5F2N7O11PS2. The number of nitrogens with one attached hydrogen (secondary N) is 2. The third-order valence-electron chi connectivity index (χ3n) is 7.43. The van der Waals surface area contributed by atoms with Gasteiger partial charge in [-0.25, -0.2) is 17.8 Å². The lowest BCUT2D eigenvalue weighted by Crippen LogP contribution is -2.35. The van der Waals surface area contributed by atoms with Crippen molar-refractivity contribution >= 4 is 116 Å². The van der Waals surface area contributed by atoms with Crippen LogP contribution in [0.2, 0.25) is 10.0 Å². The molecule has 380 valence electrons. The van der Waals surface area contributed by atoms with Gasteiger partial charge in [0.05, 0.1) is 65.0 Å². The molecule has 0 aliphatic rings. The van der Waals surface area contributed by atoms with Crippen LogP contribution >= 0.6 is 65.6 Å². The molecule has 18 nitrogen and oxygen atoms in total. The summed E-state index contributed by atoms with van der Waals surface area (Å²) in [7, 11) is -5.78. The maximum absolute atomic E-state index is 12.8. The van der Waals surface area contributed by atoms with E-state index >= 15 is 0 Å². The predicted molar refractivity (Wildman–Crippen MR) is 266 cm³/mol. The van der Waals surface area contributed by atoms with Crippen LogP contribution in [0.3, 0.4) is 0 Å². The van der Waals surface area contributed by atoms with E-state index in [-0.39, 0.29) is 56.2 Å². The SMILES string of the molecule is C=CCN(CC=C)C(=O)C(Cl)Cl.CCc1cccc(CC)c1N(COC)C(=O)CCl.C[S+](C)C.Cc1nn(-c2cc(NS(C)(=O)=O)c(Cl)cc2Cl)c(=O)n1C(F)F.O=C(O)CNCP(=O)([O-])O. The highest BCUT2D eigenvalue weighted by molar-refractivity contribution is 7.94. The molecule has 2 amide bonds. The minimum Gasteiger partial charge on any atom is -0.778 e. The molecular weight excluding hydrogens is 1050 g/mol. The van der Waals surface area contributed by atoms with E-state index in [2.05, 4.69) is 55.6 Å². The van der Waals surface area contributed by atoms with Gasteiger partial charge in [-0.2, -0.15) is 13.5 Å². The summed E-state index contributed by atoms with van der Waals surface area (Å²) >= 11 is 28.3. The van der Waals surface area contributed by atoms with Crippen LogP contribution in [-0.2, 0) is 57.4 Å². The number of para-hydroxylation sites is 1. The number of methoxy groups -OCH3 is 1. The summed E-state index contributed by atoms with van der Waals surface area (Å²) in [6.07, 6.45) is 11.7. The van der Waals surface area contributed by atoms with Crippen molar-refractivity contribution in [3.63, 3.8) is 0 Å². The van der Waals surface area contributed by atoms with Crippen molar-refractivity contribution in [1.82, 2.24) is 24.6 Å². The predicted octanol–water partition coefficient (Wildman–Crippen LogP) is 6.05. The molecule has 67 heavy (non-hydrogen) atoms. The average molecular weight is 1110 g/mol. The van der Waals surface area contributed by atoms with Crippen molar-refractivity contribution in [2.24, 2.45) is 0 Å². The Hall–Kier alpha value is -3.25. The monoisotopic (exact) mass is 1110 g/mol. The summed E-state index contributed by atoms with van der Waals surface area (Å²) in [5.74, 6) is -1.89. The molecule has 1 atom stereocenters. The first kappa shape index (κ1) is 65.8. The molecule has 1 aromatic heterocycles. The van der Waals surface area contributed by atoms with Gasteiger partial charge in [-0.05, 0) is 53.9 Å². The first-order chi connectivity index (χ1) is 31.0. The smallest absolute Gasteiger partial charge is 0.355 e. The van der Waals surface area contributed by atoms with Crippen LogP contribution in [0.1, 0.15) is 37.3 Å². The van der Waals surface area contributed by atoms with E-state index in [1.54, 1.807) is 24.2 Å². The van der Waals surface area contributed by atoms with Gasteiger partial charge >= 0.3 is 18.2 Å². The molecule has 0 spiro atoms. The van der Waals surface area contributed by atoms with Crippen molar-refractivity contribution in [2.45, 2.75) is 45.0 Å². The summed E-state index contributed by atoms with van der Waals surface area (Å²) in [5.41, 5.74) is 1.97. The number of amides is 2. The number of aryl methyl sites for hydroxylation is 3. The van der Waals surface area contributed by atoms with E-state index < -0.39 is 53.5 Å². The van der Waals surface area contributed by atoms with Crippen molar-refractivity contribution in [1.29, 1.82) is 0 Å². The lowest BCUT2D eigenvalue weighted by atomic mass is 10.0. The fourth-order valence-electron chi connectivity index (χ4n) is 4.87. The second-order valence-corrected chi connectivity index (χ2v) is 21.5. The number of anilines is 2. The Morgan fingerprint density at radius 1 is 1.06 bits per heavy atom. The number of rotatable bonds is 19. The first-order valence-corrected chi connectivity index (χ1v) is 27.4. The number of ether oxygens (including phenoxy) is 1. The van der Waals surface area contributed by atoms with Crippen LogP contribution in [-0.4, -0.2) is 131 Å². The molecule has 0 saturated heterocycles. The molecule has 0 saturated carbocycles. The molecule has 0 aliphatic carbocycles. The number of hydrogen-bond donors (Lipinski definition) is 4. The number of sulfonamides is 1. The molecule has 1 heterocycles. The average Bonchev–Trinajstić information content (AvgIpc) is 3.52. The van der Waals surface area contributed by atoms with Gasteiger partial charge in [0, 0.05) is 20.2 Å². The van der Waals surface area contributed by atoms with Gasteiger partial charge in [-0.15, -0.1) is 29.9 Å². The Morgan fingerprint density at radius 3 is 1.93 bits per heavy atom. The largest absolute Gasteiger partial charge is 0.778 e. The molecule has 28 heteroatoms. The summed E-state index contributed by atoms with van der Waals surface area (Å²) in [4.78, 5) is 65.0. The number of carbonyl (C=O) groups is 3. The van der Waals surface area contributed by atoms with Gasteiger partial charge in [0.25, 0.3) is 5.91 Å². The maximum Gasteiger partial charge on any atom is 0.355 e. The Kier molecular flexibility index (Phi) is 32.7. The lowest BCUT2D eigenvalue weighted by Gasteiger charge is -2.26. The van der Waals surface area contributed by atoms with Crippen LogP contribution < -0.4 is 25.5 Å². The number of carbonyl (C=O) groups excluding carboxylic acids is 2. The van der Waals surface area contributed by atoms with Crippen molar-refractivity contribution in [2.75, 3.05) is 80.3 Å². The molecule has 3 rings (SSSR count). The number of alkyl halides is 5. The van der Waals surface area contributed by atoms with Gasteiger partial charge in [0.2, 0.25) is 15.9 Å². The highest BCUT2D eigenvalue weighted by Gasteiger charge is 2.22. The number of carboxylic acid groups (broad SMARTS) is 1. The van der Waals surface area contributed by atoms with Gasteiger partial charge in [-0.3, -0.25) is 29.3 Å². The van der Waals surface area contributed by atoms with Crippen molar-refractivity contribution in [3.05, 3.63) is 93.1 Å². The topological polar surface area (TPSA) is 246 Å². The third-order valence-corrected chi connectivity index (χ3v) is 9.86. The highest BCUT2D eigenvalue weighted by atomic mass is 35.5. The number of hydrogen-bond acceptors (Lipinski definition) is 11. The molecule has 2 aromatic carbocycles. The Morgan fingerprint density at radius 2 is 1.57 bits per heavy atom. The van der Waals surface area contributed by atoms with E-state index in [0.717, 1.165) is 42.0 Å². The van der Waals surface area contributed by atoms with E-state index in [9.17, 15) is 45.8 Å². The molecule has 1 unspecified atom stereocenters. The summed E-state index contributed by atoms with van der Waals surface area (Å²) in [6, 6.07) is 8.42. The van der Waals surface area contributed by atoms with Gasteiger partial charge in [-0.1, -0.05) is 90.6 Å². The number of aromatic nitrogens is 3. The van der Waals surface area contributed by atoms with Crippen LogP contribution in [0, 0.1) is 6.92 Å².